The molecule has 2 saturated carbocycles. The summed E-state index contributed by atoms with van der Waals surface area (Å²) < 4.78 is 0. The zero-order valence-electron chi connectivity index (χ0n) is 22.2. The number of hydrogen-bond donors (Lipinski definition) is 0. The minimum Gasteiger partial charge on any atom is -0.0921 e. The third-order valence-electron chi connectivity index (χ3n) is 5.93. The minimum absolute atomic E-state index is 0. The molecule has 2 aromatic rings. The molecule has 35 heavy (non-hydrogen) atoms. The molecule has 2 fully saturated rings. The normalized spacial score (nSPS) is 18.3. The van der Waals surface area contributed by atoms with Gasteiger partial charge in [0.15, 0.2) is 0 Å². The van der Waals surface area contributed by atoms with Gasteiger partial charge in [-0.2, -0.15) is 0 Å². The predicted octanol–water partition coefficient (Wildman–Crippen LogP) is 8.34. The third kappa shape index (κ3) is 8.68. The van der Waals surface area contributed by atoms with Crippen LogP contribution in [0.1, 0.15) is 48.5 Å². The Morgan fingerprint density at radius 2 is 0.971 bits per heavy atom. The fraction of sp³-hybridized carbons (Fsp3) is 0.312. The standard InChI is InChI=1S/C27H35P2.C5H5.Fe/c1-21(29(26(2,3)4)27(5,6)7)24-19-14-20-25(24)28(22-15-10-8-11-16-22)23-17-12-9-13-18-23;1-2-4-5-3-1;/h8-21H,1-7H3;1-5H;/q;;+2/t21-;;/m0../s1. The van der Waals surface area contributed by atoms with Crippen LogP contribution in [-0.2, 0) is 17.1 Å². The molecule has 0 bridgehead atoms. The van der Waals surface area contributed by atoms with Crippen molar-refractivity contribution in [2.45, 2.75) is 64.4 Å². The summed E-state index contributed by atoms with van der Waals surface area (Å²) in [6, 6.07) is 22.2. The second-order valence-corrected chi connectivity index (χ2v) is 17.1. The zero-order valence-corrected chi connectivity index (χ0v) is 25.1. The van der Waals surface area contributed by atoms with Gasteiger partial charge in [-0.05, 0) is 91.8 Å². The van der Waals surface area contributed by atoms with Gasteiger partial charge in [-0.15, -0.1) is 0 Å². The van der Waals surface area contributed by atoms with Gasteiger partial charge in [0.1, 0.15) is 0 Å². The van der Waals surface area contributed by atoms with Crippen molar-refractivity contribution in [1.29, 1.82) is 0 Å². The summed E-state index contributed by atoms with van der Waals surface area (Å²) in [7, 11) is -0.771. The van der Waals surface area contributed by atoms with E-state index in [4.69, 9.17) is 0 Å². The first kappa shape index (κ1) is 31.0. The first-order chi connectivity index (χ1) is 16.1. The van der Waals surface area contributed by atoms with Gasteiger partial charge in [-0.1, -0.05) is 117 Å². The van der Waals surface area contributed by atoms with Crippen LogP contribution in [0.5, 0.6) is 0 Å². The van der Waals surface area contributed by atoms with Gasteiger partial charge in [-0.3, -0.25) is 0 Å². The number of benzene rings is 2. The van der Waals surface area contributed by atoms with E-state index in [0.29, 0.717) is 16.0 Å². The fourth-order valence-corrected chi connectivity index (χ4v) is 12.7. The van der Waals surface area contributed by atoms with E-state index in [1.165, 1.54) is 16.3 Å². The van der Waals surface area contributed by atoms with Gasteiger partial charge >= 0.3 is 17.1 Å². The molecule has 184 valence electrons. The van der Waals surface area contributed by atoms with E-state index in [0.717, 1.165) is 0 Å². The van der Waals surface area contributed by atoms with E-state index in [1.807, 2.05) is 32.1 Å². The predicted molar refractivity (Wildman–Crippen MR) is 156 cm³/mol. The Labute approximate surface area is 230 Å². The van der Waals surface area contributed by atoms with Crippen LogP contribution in [0.25, 0.3) is 0 Å². The van der Waals surface area contributed by atoms with Gasteiger partial charge in [0, 0.05) is 5.66 Å². The first-order valence-electron chi connectivity index (χ1n) is 12.2. The quantitative estimate of drug-likeness (QED) is 0.263. The molecule has 1 atom stereocenters. The van der Waals surface area contributed by atoms with Gasteiger partial charge in [0.25, 0.3) is 0 Å². The molecule has 0 N–H and O–H groups in total. The molecule has 0 amide bonds. The number of rotatable bonds is 5. The number of hydrogen-bond acceptors (Lipinski definition) is 0. The van der Waals surface area contributed by atoms with Crippen LogP contribution in [0.4, 0.5) is 0 Å². The Kier molecular flexibility index (Phi) is 12.5. The van der Waals surface area contributed by atoms with Crippen LogP contribution in [0.2, 0.25) is 0 Å². The average Bonchev–Trinajstić information content (AvgIpc) is 3.49. The van der Waals surface area contributed by atoms with Gasteiger partial charge in [0.05, 0.1) is 0 Å². The van der Waals surface area contributed by atoms with Gasteiger partial charge < -0.3 is 0 Å². The first-order valence-corrected chi connectivity index (χ1v) is 15.0. The Hall–Kier alpha value is -0.181. The van der Waals surface area contributed by atoms with Crippen LogP contribution in [0.3, 0.4) is 0 Å². The molecule has 10 radical (unpaired) electrons. The van der Waals surface area contributed by atoms with Crippen molar-refractivity contribution in [3.8, 4) is 0 Å². The van der Waals surface area contributed by atoms with E-state index < -0.39 is 7.92 Å². The molecule has 0 aliphatic heterocycles. The maximum atomic E-state index is 2.48. The average molecular weight is 542 g/mol. The van der Waals surface area contributed by atoms with Gasteiger partial charge in [0.2, 0.25) is 0 Å². The summed E-state index contributed by atoms with van der Waals surface area (Å²) in [5, 5.41) is 3.49. The van der Waals surface area contributed by atoms with E-state index in [1.54, 1.807) is 5.92 Å². The van der Waals surface area contributed by atoms with Crippen molar-refractivity contribution in [2.24, 2.45) is 0 Å². The Bertz CT molecular complexity index is 772. The van der Waals surface area contributed by atoms with Gasteiger partial charge in [-0.25, -0.2) is 0 Å². The molecule has 2 aliphatic rings. The molecule has 3 heteroatoms. The van der Waals surface area contributed by atoms with E-state index in [2.05, 4.69) is 128 Å². The Morgan fingerprint density at radius 1 is 0.571 bits per heavy atom. The summed E-state index contributed by atoms with van der Waals surface area (Å²) in [5.74, 6) is 1.56. The summed E-state index contributed by atoms with van der Waals surface area (Å²) in [4.78, 5) is 0. The van der Waals surface area contributed by atoms with Crippen molar-refractivity contribution in [3.63, 3.8) is 0 Å². The molecule has 0 saturated heterocycles. The van der Waals surface area contributed by atoms with Crippen molar-refractivity contribution >= 4 is 26.5 Å². The smallest absolute Gasteiger partial charge is 0.0921 e. The monoisotopic (exact) mass is 542 g/mol. The second kappa shape index (κ2) is 14.1. The molecular weight excluding hydrogens is 502 g/mol. The fourth-order valence-electron chi connectivity index (χ4n) is 5.19. The van der Waals surface area contributed by atoms with Crippen LogP contribution in [-0.4, -0.2) is 16.0 Å². The molecule has 0 heterocycles. The van der Waals surface area contributed by atoms with Crippen LogP contribution in [0.15, 0.2) is 60.7 Å². The SMILES string of the molecule is C[C@@H]([C]1[CH][CH][CH][C]1P(c1ccccc1)c1ccccc1)P(C(C)(C)C)C(C)(C)C.[CH]1[CH][CH][CH][CH]1.[Fe+2]. The Balaban J connectivity index is 0.000000640. The summed E-state index contributed by atoms with van der Waals surface area (Å²) in [6.07, 6.45) is 17.1. The van der Waals surface area contributed by atoms with E-state index in [-0.39, 0.29) is 25.0 Å². The maximum Gasteiger partial charge on any atom is 2.00 e. The second-order valence-electron chi connectivity index (χ2n) is 10.7. The van der Waals surface area contributed by atoms with E-state index in [9.17, 15) is 0 Å². The molecule has 2 aromatic carbocycles. The van der Waals surface area contributed by atoms with Crippen LogP contribution >= 0.6 is 15.8 Å². The molecule has 0 aromatic heterocycles. The van der Waals surface area contributed by atoms with Crippen molar-refractivity contribution in [2.75, 3.05) is 0 Å². The molecule has 2 aliphatic carbocycles. The Morgan fingerprint density at radius 3 is 1.34 bits per heavy atom. The minimum atomic E-state index is -0.548. The molecular formula is C32H40FeP2+2. The topological polar surface area (TPSA) is 0 Å². The van der Waals surface area contributed by atoms with Crippen molar-refractivity contribution < 1.29 is 17.1 Å². The summed E-state index contributed by atoms with van der Waals surface area (Å²) >= 11 is 0. The summed E-state index contributed by atoms with van der Waals surface area (Å²) in [6.45, 7) is 17.1. The van der Waals surface area contributed by atoms with Crippen LogP contribution in [0, 0.1) is 62.9 Å². The molecule has 0 spiro atoms. The third-order valence-corrected chi connectivity index (χ3v) is 12.4. The van der Waals surface area contributed by atoms with Crippen LogP contribution < -0.4 is 10.6 Å². The van der Waals surface area contributed by atoms with Crippen molar-refractivity contribution in [3.05, 3.63) is 124 Å². The summed E-state index contributed by atoms with van der Waals surface area (Å²) in [5.41, 5.74) is 2.10. The molecule has 0 nitrogen and oxygen atoms in total. The maximum absolute atomic E-state index is 2.48. The molecule has 0 unspecified atom stereocenters. The molecule has 4 rings (SSSR count). The largest absolute Gasteiger partial charge is 2.00 e. The van der Waals surface area contributed by atoms with E-state index >= 15 is 0 Å². The van der Waals surface area contributed by atoms with Crippen molar-refractivity contribution in [1.82, 2.24) is 0 Å². The zero-order chi connectivity index (χ0) is 24.8.